The molecule has 21 heavy (non-hydrogen) atoms. The highest BCUT2D eigenvalue weighted by atomic mass is 16.6. The average Bonchev–Trinajstić information content (AvgIpc) is 2.29. The second-order valence-electron chi connectivity index (χ2n) is 6.16. The minimum atomic E-state index is -0.787. The summed E-state index contributed by atoms with van der Waals surface area (Å²) in [6, 6.07) is 3.61. The number of amides is 1. The number of nitrogens with one attached hydrogen (secondary N) is 1. The first-order valence-electron chi connectivity index (χ1n) is 6.88. The maximum absolute atomic E-state index is 11.5. The van der Waals surface area contributed by atoms with Gasteiger partial charge >= 0.3 is 6.09 Å². The fourth-order valence-electron chi connectivity index (χ4n) is 1.93. The number of hydrogen-bond donors (Lipinski definition) is 4. The van der Waals surface area contributed by atoms with Gasteiger partial charge in [0.1, 0.15) is 5.60 Å². The van der Waals surface area contributed by atoms with Crippen LogP contribution in [0.2, 0.25) is 0 Å². The van der Waals surface area contributed by atoms with Crippen LogP contribution in [0.15, 0.2) is 12.1 Å². The molecular weight excluding hydrogens is 270 g/mol. The van der Waals surface area contributed by atoms with E-state index in [0.29, 0.717) is 16.9 Å². The lowest BCUT2D eigenvalue weighted by atomic mass is 10.0. The Morgan fingerprint density at radius 3 is 2.33 bits per heavy atom. The number of hydrogen-bond acceptors (Lipinski definition) is 5. The number of benzene rings is 1. The molecule has 0 bridgehead atoms. The Bertz CT molecular complexity index is 486. The Labute approximate surface area is 125 Å². The molecule has 0 spiro atoms. The van der Waals surface area contributed by atoms with E-state index < -0.39 is 17.8 Å². The van der Waals surface area contributed by atoms with Gasteiger partial charge in [0.15, 0.2) is 0 Å². The maximum atomic E-state index is 11.5. The minimum absolute atomic E-state index is 0.0711. The summed E-state index contributed by atoms with van der Waals surface area (Å²) < 4.78 is 5.09. The highest BCUT2D eigenvalue weighted by molar-refractivity contribution is 5.67. The Hall–Kier alpha value is -1.95. The minimum Gasteiger partial charge on any atom is -0.444 e. The van der Waals surface area contributed by atoms with Crippen LogP contribution in [0.4, 0.5) is 16.2 Å². The summed E-state index contributed by atoms with van der Waals surface area (Å²) >= 11 is 0. The molecule has 6 N–H and O–H groups in total. The van der Waals surface area contributed by atoms with E-state index in [1.165, 1.54) is 0 Å². The molecule has 1 unspecified atom stereocenters. The van der Waals surface area contributed by atoms with Crippen LogP contribution < -0.4 is 16.8 Å². The maximum Gasteiger partial charge on any atom is 0.407 e. The molecule has 1 aromatic carbocycles. The van der Waals surface area contributed by atoms with Crippen molar-refractivity contribution in [2.24, 2.45) is 0 Å². The largest absolute Gasteiger partial charge is 0.444 e. The summed E-state index contributed by atoms with van der Waals surface area (Å²) in [6.07, 6.45) is -1.08. The van der Waals surface area contributed by atoms with Gasteiger partial charge < -0.3 is 26.6 Å². The summed E-state index contributed by atoms with van der Waals surface area (Å²) in [5, 5.41) is 12.5. The molecule has 6 heteroatoms. The van der Waals surface area contributed by atoms with Crippen LogP contribution in [0.5, 0.6) is 0 Å². The lowest BCUT2D eigenvalue weighted by molar-refractivity contribution is 0.0492. The van der Waals surface area contributed by atoms with Gasteiger partial charge in [-0.2, -0.15) is 0 Å². The highest BCUT2D eigenvalue weighted by Gasteiger charge is 2.17. The number of alkyl carbamates (subject to hydrolysis) is 1. The molecule has 0 radical (unpaired) electrons. The number of aliphatic hydroxyl groups excluding tert-OH is 1. The number of carbonyl (C=O) groups is 1. The Morgan fingerprint density at radius 2 is 1.86 bits per heavy atom. The molecule has 1 rings (SSSR count). The first kappa shape index (κ1) is 17.1. The fraction of sp³-hybridized carbons (Fsp3) is 0.533. The van der Waals surface area contributed by atoms with E-state index >= 15 is 0 Å². The lowest BCUT2D eigenvalue weighted by Gasteiger charge is -2.21. The van der Waals surface area contributed by atoms with Crippen molar-refractivity contribution in [3.8, 4) is 0 Å². The Morgan fingerprint density at radius 1 is 1.33 bits per heavy atom. The lowest BCUT2D eigenvalue weighted by Crippen LogP contribution is -2.37. The van der Waals surface area contributed by atoms with Gasteiger partial charge in [0, 0.05) is 29.9 Å². The van der Waals surface area contributed by atoms with Crippen LogP contribution in [0.3, 0.4) is 0 Å². The number of rotatable bonds is 4. The molecule has 0 aromatic heterocycles. The van der Waals surface area contributed by atoms with Gasteiger partial charge in [-0.1, -0.05) is 0 Å². The molecule has 0 aliphatic heterocycles. The third-order valence-electron chi connectivity index (χ3n) is 2.78. The zero-order chi connectivity index (χ0) is 16.2. The van der Waals surface area contributed by atoms with Gasteiger partial charge in [-0.05, 0) is 45.4 Å². The number of nitrogens with two attached hydrogens (primary N) is 2. The third kappa shape index (κ3) is 5.91. The molecule has 0 aliphatic rings. The van der Waals surface area contributed by atoms with Gasteiger partial charge in [-0.25, -0.2) is 4.79 Å². The third-order valence-corrected chi connectivity index (χ3v) is 2.78. The summed E-state index contributed by atoms with van der Waals surface area (Å²) in [4.78, 5) is 11.5. The number of aliphatic hydroxyl groups is 1. The first-order chi connectivity index (χ1) is 9.58. The predicted octanol–water partition coefficient (Wildman–Crippen LogP) is 1.59. The smallest absolute Gasteiger partial charge is 0.407 e. The SMILES string of the molecule is Cc1cc(N)c(CC(O)CNC(=O)OC(C)(C)C)c(N)c1. The molecule has 0 saturated carbocycles. The van der Waals surface area contributed by atoms with Gasteiger partial charge in [-0.3, -0.25) is 0 Å². The summed E-state index contributed by atoms with van der Waals surface area (Å²) in [7, 11) is 0. The van der Waals surface area contributed by atoms with Crippen molar-refractivity contribution < 1.29 is 14.6 Å². The molecule has 118 valence electrons. The van der Waals surface area contributed by atoms with Gasteiger partial charge in [0.2, 0.25) is 0 Å². The van der Waals surface area contributed by atoms with E-state index in [0.717, 1.165) is 5.56 Å². The standard InChI is InChI=1S/C15H25N3O3/c1-9-5-12(16)11(13(17)6-9)7-10(19)8-18-14(20)21-15(2,3)4/h5-6,10,19H,7-8,16-17H2,1-4H3,(H,18,20). The Balaban J connectivity index is 2.55. The van der Waals surface area contributed by atoms with Crippen LogP contribution in [-0.2, 0) is 11.2 Å². The van der Waals surface area contributed by atoms with Crippen molar-refractivity contribution in [2.45, 2.75) is 45.8 Å². The van der Waals surface area contributed by atoms with Crippen LogP contribution in [0, 0.1) is 6.92 Å². The van der Waals surface area contributed by atoms with Crippen molar-refractivity contribution in [2.75, 3.05) is 18.0 Å². The van der Waals surface area contributed by atoms with Crippen molar-refractivity contribution >= 4 is 17.5 Å². The molecule has 1 atom stereocenters. The molecule has 0 heterocycles. The molecular formula is C15H25N3O3. The molecule has 1 aromatic rings. The van der Waals surface area contributed by atoms with Gasteiger partial charge in [-0.15, -0.1) is 0 Å². The molecule has 0 saturated heterocycles. The van der Waals surface area contributed by atoms with Crippen molar-refractivity contribution in [1.29, 1.82) is 0 Å². The summed E-state index contributed by atoms with van der Waals surface area (Å²) in [5.41, 5.74) is 14.0. The predicted molar refractivity (Wildman–Crippen MR) is 84.0 cm³/mol. The average molecular weight is 295 g/mol. The van der Waals surface area contributed by atoms with E-state index in [4.69, 9.17) is 16.2 Å². The monoisotopic (exact) mass is 295 g/mol. The van der Waals surface area contributed by atoms with E-state index in [-0.39, 0.29) is 13.0 Å². The van der Waals surface area contributed by atoms with Crippen molar-refractivity contribution in [3.05, 3.63) is 23.3 Å². The van der Waals surface area contributed by atoms with E-state index in [2.05, 4.69) is 5.32 Å². The second-order valence-corrected chi connectivity index (χ2v) is 6.16. The zero-order valence-electron chi connectivity index (χ0n) is 13.1. The van der Waals surface area contributed by atoms with Crippen LogP contribution in [0.25, 0.3) is 0 Å². The number of nitrogen functional groups attached to an aromatic ring is 2. The fourth-order valence-corrected chi connectivity index (χ4v) is 1.93. The Kier molecular flexibility index (Phi) is 5.43. The van der Waals surface area contributed by atoms with E-state index in [1.54, 1.807) is 32.9 Å². The van der Waals surface area contributed by atoms with Crippen LogP contribution in [-0.4, -0.2) is 29.4 Å². The van der Waals surface area contributed by atoms with Gasteiger partial charge in [0.05, 0.1) is 6.10 Å². The van der Waals surface area contributed by atoms with Crippen molar-refractivity contribution in [3.63, 3.8) is 0 Å². The summed E-state index contributed by atoms with van der Waals surface area (Å²) in [6.45, 7) is 7.29. The molecule has 1 amide bonds. The first-order valence-corrected chi connectivity index (χ1v) is 6.88. The molecule has 0 aliphatic carbocycles. The van der Waals surface area contributed by atoms with Crippen molar-refractivity contribution in [1.82, 2.24) is 5.32 Å². The van der Waals surface area contributed by atoms with Crippen LogP contribution in [0.1, 0.15) is 31.9 Å². The van der Waals surface area contributed by atoms with Crippen LogP contribution >= 0.6 is 0 Å². The van der Waals surface area contributed by atoms with E-state index in [9.17, 15) is 9.90 Å². The molecule has 0 fully saturated rings. The topological polar surface area (TPSA) is 111 Å². The zero-order valence-corrected chi connectivity index (χ0v) is 13.1. The normalized spacial score (nSPS) is 12.8. The van der Waals surface area contributed by atoms with Gasteiger partial charge in [0.25, 0.3) is 0 Å². The van der Waals surface area contributed by atoms with E-state index in [1.807, 2.05) is 6.92 Å². The number of carbonyl (C=O) groups excluding carboxylic acids is 1. The number of anilines is 2. The summed E-state index contributed by atoms with van der Waals surface area (Å²) in [5.74, 6) is 0. The number of aryl methyl sites for hydroxylation is 1. The number of ether oxygens (including phenoxy) is 1. The quantitative estimate of drug-likeness (QED) is 0.630. The molecule has 6 nitrogen and oxygen atoms in total. The second kappa shape index (κ2) is 6.67. The highest BCUT2D eigenvalue weighted by Crippen LogP contribution is 2.23.